The molecular weight excluding hydrogens is 347 g/mol. The van der Waals surface area contributed by atoms with Gasteiger partial charge in [0.1, 0.15) is 0 Å². The van der Waals surface area contributed by atoms with Crippen molar-refractivity contribution in [3.63, 3.8) is 0 Å². The Hall–Kier alpha value is -1.86. The summed E-state index contributed by atoms with van der Waals surface area (Å²) in [7, 11) is 0. The van der Waals surface area contributed by atoms with Gasteiger partial charge in [-0.15, -0.1) is 0 Å². The maximum atomic E-state index is 12.6. The van der Waals surface area contributed by atoms with Crippen LogP contribution in [0.3, 0.4) is 0 Å². The first-order chi connectivity index (χ1) is 12.3. The Kier molecular flexibility index (Phi) is 5.67. The Labute approximate surface area is 150 Å². The first kappa shape index (κ1) is 18.9. The number of carbonyl (C=O) groups excluding carboxylic acids is 1. The molecule has 1 aromatic heterocycles. The highest BCUT2D eigenvalue weighted by atomic mass is 19.4. The SMILES string of the molecule is O=C(CC1CCCC1)N1CCC(Cn2cnc(C(F)(F)F)cc2=O)CC1. The number of rotatable bonds is 4. The van der Waals surface area contributed by atoms with E-state index in [-0.39, 0.29) is 11.8 Å². The molecule has 1 saturated carbocycles. The summed E-state index contributed by atoms with van der Waals surface area (Å²) in [6, 6.07) is 0.542. The van der Waals surface area contributed by atoms with Gasteiger partial charge in [0.15, 0.2) is 5.69 Å². The van der Waals surface area contributed by atoms with Gasteiger partial charge < -0.3 is 4.90 Å². The van der Waals surface area contributed by atoms with Crippen LogP contribution in [0.1, 0.15) is 50.6 Å². The molecule has 1 amide bonds. The van der Waals surface area contributed by atoms with E-state index in [2.05, 4.69) is 4.98 Å². The van der Waals surface area contributed by atoms with E-state index < -0.39 is 17.4 Å². The van der Waals surface area contributed by atoms with Crippen LogP contribution in [0, 0.1) is 11.8 Å². The molecule has 2 heterocycles. The fourth-order valence-corrected chi connectivity index (χ4v) is 3.95. The van der Waals surface area contributed by atoms with Gasteiger partial charge in [-0.3, -0.25) is 14.2 Å². The molecule has 1 saturated heterocycles. The lowest BCUT2D eigenvalue weighted by Gasteiger charge is -2.32. The summed E-state index contributed by atoms with van der Waals surface area (Å²) >= 11 is 0. The minimum atomic E-state index is -4.61. The first-order valence-corrected chi connectivity index (χ1v) is 9.24. The van der Waals surface area contributed by atoms with Crippen molar-refractivity contribution < 1.29 is 18.0 Å². The summed E-state index contributed by atoms with van der Waals surface area (Å²) in [6.45, 7) is 1.65. The summed E-state index contributed by atoms with van der Waals surface area (Å²) in [5.74, 6) is 0.905. The zero-order valence-corrected chi connectivity index (χ0v) is 14.7. The van der Waals surface area contributed by atoms with E-state index in [1.807, 2.05) is 4.90 Å². The number of halogens is 3. The maximum absolute atomic E-state index is 12.6. The van der Waals surface area contributed by atoms with Crippen LogP contribution >= 0.6 is 0 Å². The van der Waals surface area contributed by atoms with E-state index in [9.17, 15) is 22.8 Å². The molecule has 3 rings (SSSR count). The molecule has 8 heteroatoms. The van der Waals surface area contributed by atoms with Gasteiger partial charge in [-0.1, -0.05) is 12.8 Å². The van der Waals surface area contributed by atoms with Crippen molar-refractivity contribution in [1.82, 2.24) is 14.5 Å². The molecule has 144 valence electrons. The Morgan fingerprint density at radius 1 is 1.12 bits per heavy atom. The minimum absolute atomic E-state index is 0.168. The molecule has 1 aliphatic heterocycles. The fourth-order valence-electron chi connectivity index (χ4n) is 3.95. The number of aromatic nitrogens is 2. The number of nitrogens with zero attached hydrogens (tertiary/aromatic N) is 3. The third-order valence-corrected chi connectivity index (χ3v) is 5.53. The summed E-state index contributed by atoms with van der Waals surface area (Å²) in [4.78, 5) is 29.5. The van der Waals surface area contributed by atoms with E-state index in [0.717, 1.165) is 32.0 Å². The Balaban J connectivity index is 1.51. The predicted molar refractivity (Wildman–Crippen MR) is 89.4 cm³/mol. The molecule has 1 aliphatic carbocycles. The highest BCUT2D eigenvalue weighted by Crippen LogP contribution is 2.29. The quantitative estimate of drug-likeness (QED) is 0.817. The number of alkyl halides is 3. The Morgan fingerprint density at radius 3 is 2.35 bits per heavy atom. The Bertz CT molecular complexity index is 688. The van der Waals surface area contributed by atoms with E-state index in [4.69, 9.17) is 0 Å². The van der Waals surface area contributed by atoms with Gasteiger partial charge >= 0.3 is 6.18 Å². The van der Waals surface area contributed by atoms with Crippen LogP contribution < -0.4 is 5.56 Å². The van der Waals surface area contributed by atoms with Gasteiger partial charge in [-0.2, -0.15) is 13.2 Å². The second kappa shape index (κ2) is 7.80. The molecule has 0 atom stereocenters. The number of carbonyl (C=O) groups is 1. The summed E-state index contributed by atoms with van der Waals surface area (Å²) in [6.07, 6.45) is 3.23. The molecule has 5 nitrogen and oxygen atoms in total. The van der Waals surface area contributed by atoms with Crippen molar-refractivity contribution in [2.75, 3.05) is 13.1 Å². The zero-order chi connectivity index (χ0) is 18.7. The van der Waals surface area contributed by atoms with E-state index in [1.54, 1.807) is 0 Å². The highest BCUT2D eigenvalue weighted by molar-refractivity contribution is 5.76. The molecule has 0 aromatic carbocycles. The lowest BCUT2D eigenvalue weighted by Crippen LogP contribution is -2.40. The standard InChI is InChI=1S/C18H24F3N3O2/c19-18(20,21)15-10-17(26)24(12-22-15)11-14-5-7-23(8-6-14)16(25)9-13-3-1-2-4-13/h10,12-14H,1-9,11H2. The monoisotopic (exact) mass is 371 g/mol. The van der Waals surface area contributed by atoms with Gasteiger partial charge in [0.05, 0.1) is 6.33 Å². The van der Waals surface area contributed by atoms with Gasteiger partial charge in [-0.25, -0.2) is 4.98 Å². The normalized spacial score (nSPS) is 19.9. The largest absolute Gasteiger partial charge is 0.433 e. The van der Waals surface area contributed by atoms with Crippen LogP contribution in [0.5, 0.6) is 0 Å². The van der Waals surface area contributed by atoms with E-state index >= 15 is 0 Å². The van der Waals surface area contributed by atoms with Crippen LogP contribution in [0.25, 0.3) is 0 Å². The third kappa shape index (κ3) is 4.65. The third-order valence-electron chi connectivity index (χ3n) is 5.53. The van der Waals surface area contributed by atoms with Gasteiger partial charge in [0.25, 0.3) is 5.56 Å². The number of hydrogen-bond acceptors (Lipinski definition) is 3. The number of amides is 1. The smallest absolute Gasteiger partial charge is 0.343 e. The van der Waals surface area contributed by atoms with Crippen molar-refractivity contribution in [1.29, 1.82) is 0 Å². The van der Waals surface area contributed by atoms with Crippen LogP contribution in [0.4, 0.5) is 13.2 Å². The molecular formula is C18H24F3N3O2. The van der Waals surface area contributed by atoms with Crippen molar-refractivity contribution in [3.05, 3.63) is 28.4 Å². The van der Waals surface area contributed by atoms with Crippen LogP contribution in [0.15, 0.2) is 17.2 Å². The van der Waals surface area contributed by atoms with Gasteiger partial charge in [0, 0.05) is 32.1 Å². The molecule has 26 heavy (non-hydrogen) atoms. The average Bonchev–Trinajstić information content (AvgIpc) is 3.09. The summed E-state index contributed by atoms with van der Waals surface area (Å²) < 4.78 is 39.0. The second-order valence-electron chi connectivity index (χ2n) is 7.44. The predicted octanol–water partition coefficient (Wildman–Crippen LogP) is 3.08. The zero-order valence-electron chi connectivity index (χ0n) is 14.7. The summed E-state index contributed by atoms with van der Waals surface area (Å²) in [5, 5.41) is 0. The van der Waals surface area contributed by atoms with Crippen LogP contribution in [-0.2, 0) is 17.5 Å². The van der Waals surface area contributed by atoms with Crippen molar-refractivity contribution >= 4 is 5.91 Å². The first-order valence-electron chi connectivity index (χ1n) is 9.24. The molecule has 0 N–H and O–H groups in total. The number of likely N-dealkylation sites (tertiary alicyclic amines) is 1. The van der Waals surface area contributed by atoms with Crippen LogP contribution in [-0.4, -0.2) is 33.4 Å². The lowest BCUT2D eigenvalue weighted by molar-refractivity contribution is -0.141. The molecule has 2 fully saturated rings. The van der Waals surface area contributed by atoms with Crippen molar-refractivity contribution in [3.8, 4) is 0 Å². The lowest BCUT2D eigenvalue weighted by atomic mass is 9.95. The Morgan fingerprint density at radius 2 is 1.77 bits per heavy atom. The molecule has 0 spiro atoms. The van der Waals surface area contributed by atoms with Gasteiger partial charge in [-0.05, 0) is 37.5 Å². The molecule has 2 aliphatic rings. The molecule has 0 radical (unpaired) electrons. The number of hydrogen-bond donors (Lipinski definition) is 0. The van der Waals surface area contributed by atoms with E-state index in [1.165, 1.54) is 17.4 Å². The second-order valence-corrected chi connectivity index (χ2v) is 7.44. The minimum Gasteiger partial charge on any atom is -0.343 e. The maximum Gasteiger partial charge on any atom is 0.433 e. The van der Waals surface area contributed by atoms with Gasteiger partial charge in [0.2, 0.25) is 5.91 Å². The van der Waals surface area contributed by atoms with E-state index in [0.29, 0.717) is 38.0 Å². The fraction of sp³-hybridized carbons (Fsp3) is 0.722. The van der Waals surface area contributed by atoms with Crippen LogP contribution in [0.2, 0.25) is 0 Å². The molecule has 0 unspecified atom stereocenters. The van der Waals surface area contributed by atoms with Crippen molar-refractivity contribution in [2.24, 2.45) is 11.8 Å². The molecule has 1 aromatic rings. The average molecular weight is 371 g/mol. The van der Waals surface area contributed by atoms with Crippen molar-refractivity contribution in [2.45, 2.75) is 57.7 Å². The topological polar surface area (TPSA) is 55.2 Å². The summed E-state index contributed by atoms with van der Waals surface area (Å²) in [5.41, 5.74) is -1.85. The number of piperidine rings is 1. The molecule has 0 bridgehead atoms. The highest BCUT2D eigenvalue weighted by Gasteiger charge is 2.33.